The highest BCUT2D eigenvalue weighted by Gasteiger charge is 2.71. The number of rotatable bonds is 6. The van der Waals surface area contributed by atoms with Crippen molar-refractivity contribution in [3.05, 3.63) is 28.8 Å². The summed E-state index contributed by atoms with van der Waals surface area (Å²) in [6.45, 7) is 3.55. The number of hydrogen-bond acceptors (Lipinski definition) is 4. The molecular weight excluding hydrogens is 358 g/mol. The molecule has 25 heavy (non-hydrogen) atoms. The Morgan fingerprint density at radius 2 is 1.56 bits per heavy atom. The van der Waals surface area contributed by atoms with Crippen molar-refractivity contribution < 1.29 is 45.7 Å². The van der Waals surface area contributed by atoms with Gasteiger partial charge in [-0.15, -0.1) is 0 Å². The minimum Gasteiger partial charge on any atom is -0.481 e. The maximum atomic E-state index is 13.9. The third-order valence-corrected chi connectivity index (χ3v) is 3.25. The lowest BCUT2D eigenvalue weighted by Crippen LogP contribution is -2.53. The van der Waals surface area contributed by atoms with Crippen LogP contribution >= 0.6 is 0 Å². The maximum Gasteiger partial charge on any atom is 0.455 e. The molecule has 0 aliphatic rings. The Morgan fingerprint density at radius 1 is 1.08 bits per heavy atom. The van der Waals surface area contributed by atoms with Gasteiger partial charge in [-0.25, -0.2) is 4.79 Å². The van der Waals surface area contributed by atoms with Gasteiger partial charge in [-0.05, 0) is 44.0 Å². The Balaban J connectivity index is 3.19. The first-order chi connectivity index (χ1) is 11.3. The third-order valence-electron chi connectivity index (χ3n) is 3.25. The molecule has 0 radical (unpaired) electrons. The predicted molar refractivity (Wildman–Crippen MR) is 74.1 cm³/mol. The second kappa shape index (κ2) is 7.11. The molecule has 1 aromatic carbocycles. The molecule has 1 unspecified atom stereocenters. The highest BCUT2D eigenvalue weighted by atomic mass is 19.4. The van der Waals surface area contributed by atoms with E-state index in [1.54, 1.807) is 6.92 Å². The molecule has 0 heterocycles. The molecule has 0 aliphatic carbocycles. The first-order valence-corrected chi connectivity index (χ1v) is 7.01. The van der Waals surface area contributed by atoms with Crippen molar-refractivity contribution in [3.8, 4) is 5.75 Å². The van der Waals surface area contributed by atoms with Crippen molar-refractivity contribution in [2.24, 2.45) is 0 Å². The van der Waals surface area contributed by atoms with E-state index in [0.29, 0.717) is 12.1 Å². The lowest BCUT2D eigenvalue weighted by molar-refractivity contribution is -0.390. The van der Waals surface area contributed by atoms with Gasteiger partial charge < -0.3 is 14.6 Å². The van der Waals surface area contributed by atoms with E-state index in [1.807, 2.05) is 0 Å². The number of esters is 1. The summed E-state index contributed by atoms with van der Waals surface area (Å²) < 4.78 is 88.0. The molecule has 0 aliphatic heterocycles. The van der Waals surface area contributed by atoms with Crippen LogP contribution < -0.4 is 4.74 Å². The molecule has 1 atom stereocenters. The van der Waals surface area contributed by atoms with E-state index >= 15 is 0 Å². The van der Waals surface area contributed by atoms with E-state index in [-0.39, 0.29) is 23.5 Å². The van der Waals surface area contributed by atoms with Crippen LogP contribution in [0.5, 0.6) is 5.75 Å². The highest BCUT2D eigenvalue weighted by molar-refractivity contribution is 5.71. The second-order valence-electron chi connectivity index (χ2n) is 5.23. The van der Waals surface area contributed by atoms with Crippen LogP contribution in [0, 0.1) is 13.8 Å². The molecular formula is C15H16F6O4. The zero-order valence-corrected chi connectivity index (χ0v) is 13.5. The number of carbonyl (C=O) groups is 1. The van der Waals surface area contributed by atoms with Gasteiger partial charge in [0.2, 0.25) is 0 Å². The predicted octanol–water partition coefficient (Wildman–Crippen LogP) is 3.56. The minimum atomic E-state index is -6.20. The van der Waals surface area contributed by atoms with Crippen LogP contribution in [-0.2, 0) is 15.5 Å². The van der Waals surface area contributed by atoms with Gasteiger partial charge in [-0.1, -0.05) is 0 Å². The molecule has 4 nitrogen and oxygen atoms in total. The Hall–Kier alpha value is -1.97. The Bertz CT molecular complexity index is 616. The van der Waals surface area contributed by atoms with E-state index in [0.717, 1.165) is 0 Å². The molecule has 0 saturated carbocycles. The monoisotopic (exact) mass is 374 g/mol. The summed E-state index contributed by atoms with van der Waals surface area (Å²) in [6.07, 6.45) is -6.20. The fourth-order valence-corrected chi connectivity index (χ4v) is 2.06. The van der Waals surface area contributed by atoms with E-state index in [4.69, 9.17) is 9.84 Å². The number of benzene rings is 1. The lowest BCUT2D eigenvalue weighted by atomic mass is 9.96. The van der Waals surface area contributed by atoms with E-state index in [9.17, 15) is 31.1 Å². The standard InChI is InChI=1S/C15H16F6O4/c1-4-24-11(22)7-25-12-8(2)5-10(6-9(12)3)13(16,17)14(18,23)15(19,20)21/h5-6,23H,4,7H2,1-3H3. The van der Waals surface area contributed by atoms with Crippen LogP contribution in [-0.4, -0.2) is 36.3 Å². The summed E-state index contributed by atoms with van der Waals surface area (Å²) in [5.41, 5.74) is -1.53. The van der Waals surface area contributed by atoms with Crippen LogP contribution in [0.1, 0.15) is 23.6 Å². The maximum absolute atomic E-state index is 13.9. The molecule has 0 amide bonds. The van der Waals surface area contributed by atoms with Gasteiger partial charge in [0.25, 0.3) is 0 Å². The van der Waals surface area contributed by atoms with Crippen molar-refractivity contribution in [3.63, 3.8) is 0 Å². The van der Waals surface area contributed by atoms with Gasteiger partial charge >= 0.3 is 23.9 Å². The fourth-order valence-electron chi connectivity index (χ4n) is 2.06. The summed E-state index contributed by atoms with van der Waals surface area (Å²) in [5, 5.41) is 8.68. The summed E-state index contributed by atoms with van der Waals surface area (Å²) in [6, 6.07) is 1.09. The molecule has 0 aromatic heterocycles. The van der Waals surface area contributed by atoms with Crippen LogP contribution in [0.2, 0.25) is 0 Å². The number of ether oxygens (including phenoxy) is 2. The van der Waals surface area contributed by atoms with Crippen molar-refractivity contribution >= 4 is 5.97 Å². The molecule has 1 N–H and O–H groups in total. The number of alkyl halides is 6. The van der Waals surface area contributed by atoms with Crippen molar-refractivity contribution in [2.45, 2.75) is 38.7 Å². The number of hydrogen-bond donors (Lipinski definition) is 1. The highest BCUT2D eigenvalue weighted by Crippen LogP contribution is 2.49. The molecule has 0 spiro atoms. The summed E-state index contributed by atoms with van der Waals surface area (Å²) in [7, 11) is 0. The molecule has 142 valence electrons. The van der Waals surface area contributed by atoms with Gasteiger partial charge in [0, 0.05) is 5.56 Å². The van der Waals surface area contributed by atoms with E-state index < -0.39 is 36.1 Å². The lowest BCUT2D eigenvalue weighted by Gasteiger charge is -2.31. The van der Waals surface area contributed by atoms with E-state index in [1.165, 1.54) is 13.8 Å². The molecule has 1 rings (SSSR count). The fraction of sp³-hybridized carbons (Fsp3) is 0.533. The van der Waals surface area contributed by atoms with Crippen LogP contribution in [0.25, 0.3) is 0 Å². The summed E-state index contributed by atoms with van der Waals surface area (Å²) >= 11 is 0. The Labute approximate surface area is 139 Å². The first-order valence-electron chi connectivity index (χ1n) is 7.01. The van der Waals surface area contributed by atoms with Crippen molar-refractivity contribution in [2.75, 3.05) is 13.2 Å². The molecule has 10 heteroatoms. The van der Waals surface area contributed by atoms with E-state index in [2.05, 4.69) is 4.74 Å². The van der Waals surface area contributed by atoms with Crippen molar-refractivity contribution in [1.82, 2.24) is 0 Å². The zero-order chi connectivity index (χ0) is 19.6. The number of halogens is 6. The number of aliphatic hydroxyl groups is 1. The SMILES string of the molecule is CCOC(=O)COc1c(C)cc(C(F)(F)C(O)(F)C(F)(F)F)cc1C. The average molecular weight is 374 g/mol. The normalized spacial score (nSPS) is 14.8. The van der Waals surface area contributed by atoms with Gasteiger partial charge in [0.05, 0.1) is 6.61 Å². The Morgan fingerprint density at radius 3 is 1.96 bits per heavy atom. The summed E-state index contributed by atoms with van der Waals surface area (Å²) in [4.78, 5) is 11.2. The molecule has 0 saturated heterocycles. The topological polar surface area (TPSA) is 55.8 Å². The quantitative estimate of drug-likeness (QED) is 0.611. The largest absolute Gasteiger partial charge is 0.481 e. The average Bonchev–Trinajstić information content (AvgIpc) is 2.45. The minimum absolute atomic E-state index is 0.0398. The number of carbonyl (C=O) groups excluding carboxylic acids is 1. The summed E-state index contributed by atoms with van der Waals surface area (Å²) in [5.74, 6) is -11.8. The smallest absolute Gasteiger partial charge is 0.455 e. The van der Waals surface area contributed by atoms with Gasteiger partial charge in [-0.2, -0.15) is 26.3 Å². The second-order valence-corrected chi connectivity index (χ2v) is 5.23. The Kier molecular flexibility index (Phi) is 5.99. The zero-order valence-electron chi connectivity index (χ0n) is 13.5. The third kappa shape index (κ3) is 4.17. The molecule has 0 fully saturated rings. The van der Waals surface area contributed by atoms with Crippen molar-refractivity contribution in [1.29, 1.82) is 0 Å². The van der Waals surface area contributed by atoms with Gasteiger partial charge in [-0.3, -0.25) is 0 Å². The van der Waals surface area contributed by atoms with Crippen LogP contribution in [0.4, 0.5) is 26.3 Å². The van der Waals surface area contributed by atoms with Gasteiger partial charge in [0.15, 0.2) is 6.61 Å². The van der Waals surface area contributed by atoms with Crippen LogP contribution in [0.3, 0.4) is 0 Å². The number of aryl methyl sites for hydroxylation is 2. The molecule has 1 aromatic rings. The van der Waals surface area contributed by atoms with Crippen LogP contribution in [0.15, 0.2) is 12.1 Å². The first kappa shape index (κ1) is 21.1. The van der Waals surface area contributed by atoms with Gasteiger partial charge in [0.1, 0.15) is 5.75 Å². The molecule has 0 bridgehead atoms.